The largest absolute Gasteiger partial charge is 0.573 e. The third-order valence-electron chi connectivity index (χ3n) is 3.87. The fourth-order valence-corrected chi connectivity index (χ4v) is 2.82. The van der Waals surface area contributed by atoms with E-state index in [0.717, 1.165) is 37.8 Å². The number of carbonyl (C=O) groups excluding carboxylic acids is 1. The van der Waals surface area contributed by atoms with Crippen LogP contribution in [-0.4, -0.2) is 24.9 Å². The molecule has 22 heavy (non-hydrogen) atoms. The molecule has 0 saturated heterocycles. The lowest BCUT2D eigenvalue weighted by Crippen LogP contribution is -2.44. The summed E-state index contributed by atoms with van der Waals surface area (Å²) in [6.07, 6.45) is -0.518. The molecule has 1 saturated carbocycles. The molecule has 1 aliphatic carbocycles. The van der Waals surface area contributed by atoms with Crippen molar-refractivity contribution in [1.82, 2.24) is 5.32 Å². The van der Waals surface area contributed by atoms with Gasteiger partial charge in [-0.3, -0.25) is 4.79 Å². The van der Waals surface area contributed by atoms with Gasteiger partial charge in [-0.25, -0.2) is 0 Å². The molecule has 3 N–H and O–H groups in total. The van der Waals surface area contributed by atoms with Gasteiger partial charge >= 0.3 is 6.36 Å². The third kappa shape index (κ3) is 4.62. The fraction of sp³-hybridized carbons (Fsp3) is 0.533. The Morgan fingerprint density at radius 3 is 2.64 bits per heavy atom. The Morgan fingerprint density at radius 2 is 2.05 bits per heavy atom. The summed E-state index contributed by atoms with van der Waals surface area (Å²) in [6.45, 7) is 0.315. The molecule has 0 aromatic heterocycles. The standard InChI is InChI=1S/C15H19F3N2O2/c16-15(17,18)22-12-7-3-6-11(8-12)14(21)20-13(9-19)10-4-1-2-5-10/h3,6-8,10,13H,1-2,4-5,9,19H2,(H,20,21). The number of rotatable bonds is 5. The number of hydrogen-bond donors (Lipinski definition) is 2. The molecule has 1 atom stereocenters. The second-order valence-corrected chi connectivity index (χ2v) is 5.44. The molecule has 0 bridgehead atoms. The first-order valence-corrected chi connectivity index (χ1v) is 7.26. The summed E-state index contributed by atoms with van der Waals surface area (Å²) < 4.78 is 40.4. The average Bonchev–Trinajstić information content (AvgIpc) is 2.97. The van der Waals surface area contributed by atoms with Crippen LogP contribution in [0.1, 0.15) is 36.0 Å². The van der Waals surface area contributed by atoms with Crippen LogP contribution in [0.25, 0.3) is 0 Å². The Hall–Kier alpha value is -1.76. The highest BCUT2D eigenvalue weighted by Gasteiger charge is 2.31. The summed E-state index contributed by atoms with van der Waals surface area (Å²) in [5.41, 5.74) is 5.83. The van der Waals surface area contributed by atoms with Crippen molar-refractivity contribution in [3.63, 3.8) is 0 Å². The molecule has 1 aromatic rings. The van der Waals surface area contributed by atoms with Gasteiger partial charge < -0.3 is 15.8 Å². The molecule has 0 radical (unpaired) electrons. The van der Waals surface area contributed by atoms with Crippen LogP contribution in [0.2, 0.25) is 0 Å². The second-order valence-electron chi connectivity index (χ2n) is 5.44. The molecule has 1 aromatic carbocycles. The Morgan fingerprint density at radius 1 is 1.36 bits per heavy atom. The van der Waals surface area contributed by atoms with Crippen LogP contribution >= 0.6 is 0 Å². The minimum absolute atomic E-state index is 0.123. The maximum Gasteiger partial charge on any atom is 0.573 e. The number of carbonyl (C=O) groups is 1. The first-order chi connectivity index (χ1) is 10.4. The van der Waals surface area contributed by atoms with Crippen molar-refractivity contribution in [2.45, 2.75) is 38.1 Å². The predicted molar refractivity (Wildman–Crippen MR) is 75.4 cm³/mol. The van der Waals surface area contributed by atoms with Gasteiger partial charge in [0.15, 0.2) is 0 Å². The summed E-state index contributed by atoms with van der Waals surface area (Å²) in [5.74, 6) is -0.510. The van der Waals surface area contributed by atoms with Crippen LogP contribution < -0.4 is 15.8 Å². The van der Waals surface area contributed by atoms with Crippen LogP contribution in [0.5, 0.6) is 5.75 Å². The lowest BCUT2D eigenvalue weighted by atomic mass is 9.98. The zero-order valence-electron chi connectivity index (χ0n) is 12.0. The van der Waals surface area contributed by atoms with Crippen molar-refractivity contribution in [2.24, 2.45) is 11.7 Å². The Bertz CT molecular complexity index is 514. The van der Waals surface area contributed by atoms with Gasteiger partial charge in [-0.2, -0.15) is 0 Å². The maximum atomic E-state index is 12.2. The van der Waals surface area contributed by atoms with Crippen molar-refractivity contribution in [2.75, 3.05) is 6.54 Å². The summed E-state index contributed by atoms with van der Waals surface area (Å²) >= 11 is 0. The zero-order valence-corrected chi connectivity index (χ0v) is 12.0. The number of alkyl halides is 3. The SMILES string of the molecule is NCC(NC(=O)c1cccc(OC(F)(F)F)c1)C1CCCC1. The molecular formula is C15H19F3N2O2. The monoisotopic (exact) mass is 316 g/mol. The average molecular weight is 316 g/mol. The van der Waals surface area contributed by atoms with E-state index in [-0.39, 0.29) is 11.6 Å². The molecule has 1 unspecified atom stereocenters. The number of benzene rings is 1. The Kier molecular flexibility index (Phi) is 5.28. The summed E-state index contributed by atoms with van der Waals surface area (Å²) in [6, 6.07) is 4.87. The first-order valence-electron chi connectivity index (χ1n) is 7.26. The van der Waals surface area contributed by atoms with E-state index in [1.54, 1.807) is 0 Å². The van der Waals surface area contributed by atoms with Gasteiger partial charge in [-0.05, 0) is 37.0 Å². The molecule has 1 amide bonds. The summed E-state index contributed by atoms with van der Waals surface area (Å²) in [5, 5.41) is 2.81. The smallest absolute Gasteiger partial charge is 0.406 e. The molecule has 0 spiro atoms. The van der Waals surface area contributed by atoms with Crippen LogP contribution in [0.3, 0.4) is 0 Å². The number of ether oxygens (including phenoxy) is 1. The normalized spacial score (nSPS) is 17.3. The molecule has 1 aliphatic rings. The minimum atomic E-state index is -4.78. The van der Waals surface area contributed by atoms with E-state index in [9.17, 15) is 18.0 Å². The van der Waals surface area contributed by atoms with E-state index < -0.39 is 18.0 Å². The van der Waals surface area contributed by atoms with Gasteiger partial charge in [0.2, 0.25) is 0 Å². The van der Waals surface area contributed by atoms with Gasteiger partial charge in [0.05, 0.1) is 0 Å². The van der Waals surface area contributed by atoms with Crippen molar-refractivity contribution >= 4 is 5.91 Å². The van der Waals surface area contributed by atoms with Gasteiger partial charge in [-0.1, -0.05) is 18.9 Å². The van der Waals surface area contributed by atoms with Crippen molar-refractivity contribution in [3.8, 4) is 5.75 Å². The molecule has 0 aliphatic heterocycles. The molecule has 0 heterocycles. The predicted octanol–water partition coefficient (Wildman–Crippen LogP) is 2.83. The molecule has 122 valence electrons. The molecule has 1 fully saturated rings. The van der Waals surface area contributed by atoms with E-state index in [1.807, 2.05) is 0 Å². The lowest BCUT2D eigenvalue weighted by molar-refractivity contribution is -0.274. The number of hydrogen-bond acceptors (Lipinski definition) is 3. The second kappa shape index (κ2) is 7.00. The molecule has 7 heteroatoms. The lowest BCUT2D eigenvalue weighted by Gasteiger charge is -2.23. The van der Waals surface area contributed by atoms with E-state index in [2.05, 4.69) is 10.1 Å². The van der Waals surface area contributed by atoms with Gasteiger partial charge in [0, 0.05) is 18.2 Å². The maximum absolute atomic E-state index is 12.2. The number of halogens is 3. The Labute approximate surface area is 126 Å². The molecule has 2 rings (SSSR count). The van der Waals surface area contributed by atoms with Crippen LogP contribution in [0.4, 0.5) is 13.2 Å². The van der Waals surface area contributed by atoms with Gasteiger partial charge in [-0.15, -0.1) is 13.2 Å². The third-order valence-corrected chi connectivity index (χ3v) is 3.87. The quantitative estimate of drug-likeness (QED) is 0.878. The van der Waals surface area contributed by atoms with Crippen molar-refractivity contribution in [3.05, 3.63) is 29.8 Å². The van der Waals surface area contributed by atoms with Crippen LogP contribution in [-0.2, 0) is 0 Å². The molecular weight excluding hydrogens is 297 g/mol. The Balaban J connectivity index is 2.03. The van der Waals surface area contributed by atoms with Crippen molar-refractivity contribution in [1.29, 1.82) is 0 Å². The minimum Gasteiger partial charge on any atom is -0.406 e. The number of nitrogens with one attached hydrogen (secondary N) is 1. The van der Waals surface area contributed by atoms with Gasteiger partial charge in [0.1, 0.15) is 5.75 Å². The van der Waals surface area contributed by atoms with E-state index in [0.29, 0.717) is 12.5 Å². The first kappa shape index (κ1) is 16.6. The summed E-state index contributed by atoms with van der Waals surface area (Å²) in [4.78, 5) is 12.2. The summed E-state index contributed by atoms with van der Waals surface area (Å²) in [7, 11) is 0. The van der Waals surface area contributed by atoms with Gasteiger partial charge in [0.25, 0.3) is 5.91 Å². The van der Waals surface area contributed by atoms with Crippen LogP contribution in [0, 0.1) is 5.92 Å². The zero-order chi connectivity index (χ0) is 16.2. The van der Waals surface area contributed by atoms with E-state index in [1.165, 1.54) is 12.1 Å². The number of amides is 1. The topological polar surface area (TPSA) is 64.3 Å². The fourth-order valence-electron chi connectivity index (χ4n) is 2.82. The van der Waals surface area contributed by atoms with Crippen molar-refractivity contribution < 1.29 is 22.7 Å². The molecule has 4 nitrogen and oxygen atoms in total. The highest BCUT2D eigenvalue weighted by molar-refractivity contribution is 5.94. The highest BCUT2D eigenvalue weighted by atomic mass is 19.4. The highest BCUT2D eigenvalue weighted by Crippen LogP contribution is 2.28. The van der Waals surface area contributed by atoms with E-state index in [4.69, 9.17) is 5.73 Å². The van der Waals surface area contributed by atoms with E-state index >= 15 is 0 Å². The number of nitrogens with two attached hydrogens (primary N) is 1. The van der Waals surface area contributed by atoms with Crippen LogP contribution in [0.15, 0.2) is 24.3 Å².